The number of nitrogens with zero attached hydrogens (tertiary/aromatic N) is 3. The molecule has 1 aromatic rings. The normalized spacial score (nSPS) is 18.4. The molecule has 1 aromatic heterocycles. The van der Waals surface area contributed by atoms with E-state index in [1.165, 1.54) is 0 Å². The molecule has 0 saturated carbocycles. The van der Waals surface area contributed by atoms with E-state index in [1.54, 1.807) is 7.05 Å². The molecule has 7 heteroatoms. The number of nitrogens with one attached hydrogen (secondary N) is 1. The van der Waals surface area contributed by atoms with Crippen molar-refractivity contribution >= 4 is 28.9 Å². The number of amides is 1. The molecule has 0 aliphatic carbocycles. The Labute approximate surface area is 130 Å². The molecule has 0 bridgehead atoms. The maximum absolute atomic E-state index is 12.1. The average molecular weight is 307 g/mol. The van der Waals surface area contributed by atoms with Crippen LogP contribution < -0.4 is 16.0 Å². The standard InChI is InChI=1S/C14H21N5OS/c1-8-9(2)17-18-13(11(8)12(15)21)19-7-5-4-6-10(19)14(20)16-3/h10H,4-7H2,1-3H3,(H2,15,21)(H,16,20). The molecule has 1 amide bonds. The summed E-state index contributed by atoms with van der Waals surface area (Å²) in [7, 11) is 1.65. The van der Waals surface area contributed by atoms with Gasteiger partial charge < -0.3 is 16.0 Å². The maximum Gasteiger partial charge on any atom is 0.242 e. The van der Waals surface area contributed by atoms with E-state index in [2.05, 4.69) is 15.5 Å². The van der Waals surface area contributed by atoms with E-state index < -0.39 is 0 Å². The van der Waals surface area contributed by atoms with E-state index in [4.69, 9.17) is 18.0 Å². The van der Waals surface area contributed by atoms with Gasteiger partial charge >= 0.3 is 0 Å². The Morgan fingerprint density at radius 2 is 2.10 bits per heavy atom. The van der Waals surface area contributed by atoms with Crippen molar-refractivity contribution in [3.05, 3.63) is 16.8 Å². The molecular weight excluding hydrogens is 286 g/mol. The number of anilines is 1. The molecule has 1 aliphatic rings. The summed E-state index contributed by atoms with van der Waals surface area (Å²) in [4.78, 5) is 14.4. The summed E-state index contributed by atoms with van der Waals surface area (Å²) >= 11 is 5.18. The molecule has 3 N–H and O–H groups in total. The van der Waals surface area contributed by atoms with Crippen molar-refractivity contribution in [2.45, 2.75) is 39.2 Å². The number of piperidine rings is 1. The van der Waals surface area contributed by atoms with Crippen molar-refractivity contribution in [2.75, 3.05) is 18.5 Å². The summed E-state index contributed by atoms with van der Waals surface area (Å²) in [6.45, 7) is 4.56. The molecule has 2 rings (SSSR count). The number of aryl methyl sites for hydroxylation is 1. The molecule has 1 saturated heterocycles. The van der Waals surface area contributed by atoms with Crippen LogP contribution in [0.2, 0.25) is 0 Å². The van der Waals surface area contributed by atoms with Gasteiger partial charge in [-0.05, 0) is 38.7 Å². The molecule has 1 unspecified atom stereocenters. The van der Waals surface area contributed by atoms with Crippen molar-refractivity contribution in [2.24, 2.45) is 5.73 Å². The van der Waals surface area contributed by atoms with Gasteiger partial charge in [-0.1, -0.05) is 12.2 Å². The van der Waals surface area contributed by atoms with Crippen molar-refractivity contribution in [1.29, 1.82) is 0 Å². The first kappa shape index (κ1) is 15.6. The third kappa shape index (κ3) is 2.97. The van der Waals surface area contributed by atoms with Gasteiger partial charge in [0.25, 0.3) is 0 Å². The Kier molecular flexibility index (Phi) is 4.72. The Balaban J connectivity index is 2.50. The average Bonchev–Trinajstić information content (AvgIpc) is 2.48. The highest BCUT2D eigenvalue weighted by molar-refractivity contribution is 7.80. The number of rotatable bonds is 3. The van der Waals surface area contributed by atoms with Crippen LogP contribution in [0.1, 0.15) is 36.1 Å². The molecule has 2 heterocycles. The van der Waals surface area contributed by atoms with E-state index in [-0.39, 0.29) is 11.9 Å². The summed E-state index contributed by atoms with van der Waals surface area (Å²) in [5.74, 6) is 0.613. The molecule has 0 radical (unpaired) electrons. The van der Waals surface area contributed by atoms with E-state index in [9.17, 15) is 4.79 Å². The molecule has 114 valence electrons. The molecule has 21 heavy (non-hydrogen) atoms. The number of carbonyl (C=O) groups excluding carboxylic acids is 1. The maximum atomic E-state index is 12.1. The number of aromatic nitrogens is 2. The molecule has 1 aliphatic heterocycles. The minimum atomic E-state index is -0.242. The molecule has 0 spiro atoms. The first-order valence-corrected chi connectivity index (χ1v) is 7.50. The number of thiocarbonyl (C=S) groups is 1. The second-order valence-corrected chi connectivity index (χ2v) is 5.73. The van der Waals surface area contributed by atoms with Crippen LogP contribution in [0.4, 0.5) is 5.82 Å². The topological polar surface area (TPSA) is 84.1 Å². The number of likely N-dealkylation sites (N-methyl/N-ethyl adjacent to an activating group) is 1. The molecule has 1 atom stereocenters. The molecule has 1 fully saturated rings. The first-order chi connectivity index (χ1) is 9.97. The van der Waals surface area contributed by atoms with Gasteiger partial charge in [-0.15, -0.1) is 5.10 Å². The van der Waals surface area contributed by atoms with Gasteiger partial charge in [-0.25, -0.2) is 0 Å². The van der Waals surface area contributed by atoms with E-state index >= 15 is 0 Å². The van der Waals surface area contributed by atoms with E-state index in [1.807, 2.05) is 18.7 Å². The lowest BCUT2D eigenvalue weighted by atomic mass is 9.99. The van der Waals surface area contributed by atoms with Crippen LogP contribution in [0.5, 0.6) is 0 Å². The summed E-state index contributed by atoms with van der Waals surface area (Å²) in [5.41, 5.74) is 8.34. The van der Waals surface area contributed by atoms with E-state index in [0.29, 0.717) is 10.8 Å². The number of hydrogen-bond acceptors (Lipinski definition) is 5. The van der Waals surface area contributed by atoms with Gasteiger partial charge in [0.1, 0.15) is 11.0 Å². The number of nitrogens with two attached hydrogens (primary N) is 1. The van der Waals surface area contributed by atoms with Crippen LogP contribution in [-0.2, 0) is 4.79 Å². The fourth-order valence-corrected chi connectivity index (χ4v) is 2.96. The van der Waals surface area contributed by atoms with Crippen LogP contribution in [0.3, 0.4) is 0 Å². The van der Waals surface area contributed by atoms with Crippen molar-refractivity contribution in [3.63, 3.8) is 0 Å². The Bertz CT molecular complexity index is 575. The summed E-state index contributed by atoms with van der Waals surface area (Å²) < 4.78 is 0. The van der Waals surface area contributed by atoms with Crippen LogP contribution in [0, 0.1) is 13.8 Å². The predicted octanol–water partition coefficient (Wildman–Crippen LogP) is 0.833. The lowest BCUT2D eigenvalue weighted by molar-refractivity contribution is -0.122. The van der Waals surface area contributed by atoms with Crippen LogP contribution in [-0.4, -0.2) is 40.7 Å². The third-order valence-electron chi connectivity index (χ3n) is 4.01. The Morgan fingerprint density at radius 1 is 1.38 bits per heavy atom. The number of carbonyl (C=O) groups is 1. The largest absolute Gasteiger partial charge is 0.389 e. The highest BCUT2D eigenvalue weighted by atomic mass is 32.1. The summed E-state index contributed by atoms with van der Waals surface area (Å²) in [6.07, 6.45) is 2.83. The molecular formula is C14H21N5OS. The van der Waals surface area contributed by atoms with Gasteiger partial charge in [0, 0.05) is 13.6 Å². The lowest BCUT2D eigenvalue weighted by Gasteiger charge is -2.36. The Hall–Kier alpha value is -1.76. The third-order valence-corrected chi connectivity index (χ3v) is 4.21. The van der Waals surface area contributed by atoms with Gasteiger partial charge in [-0.2, -0.15) is 5.10 Å². The highest BCUT2D eigenvalue weighted by Gasteiger charge is 2.31. The minimum Gasteiger partial charge on any atom is -0.389 e. The van der Waals surface area contributed by atoms with Crippen LogP contribution in [0.15, 0.2) is 0 Å². The summed E-state index contributed by atoms with van der Waals surface area (Å²) in [5, 5.41) is 11.2. The molecule has 6 nitrogen and oxygen atoms in total. The SMILES string of the molecule is CNC(=O)C1CCCCN1c1nnc(C)c(C)c1C(N)=S. The van der Waals surface area contributed by atoms with Gasteiger partial charge in [0.05, 0.1) is 11.3 Å². The Morgan fingerprint density at radius 3 is 2.71 bits per heavy atom. The lowest BCUT2D eigenvalue weighted by Crippen LogP contribution is -2.50. The first-order valence-electron chi connectivity index (χ1n) is 7.09. The van der Waals surface area contributed by atoms with Crippen molar-refractivity contribution in [1.82, 2.24) is 15.5 Å². The van der Waals surface area contributed by atoms with Crippen molar-refractivity contribution < 1.29 is 4.79 Å². The number of hydrogen-bond donors (Lipinski definition) is 2. The monoisotopic (exact) mass is 307 g/mol. The van der Waals surface area contributed by atoms with Gasteiger partial charge in [-0.3, -0.25) is 4.79 Å². The van der Waals surface area contributed by atoms with Gasteiger partial charge in [0.2, 0.25) is 5.91 Å². The van der Waals surface area contributed by atoms with Gasteiger partial charge in [0.15, 0.2) is 5.82 Å². The summed E-state index contributed by atoms with van der Waals surface area (Å²) in [6, 6.07) is -0.242. The molecule has 0 aromatic carbocycles. The smallest absolute Gasteiger partial charge is 0.242 e. The highest BCUT2D eigenvalue weighted by Crippen LogP contribution is 2.28. The zero-order valence-electron chi connectivity index (χ0n) is 12.6. The van der Waals surface area contributed by atoms with Crippen LogP contribution >= 0.6 is 12.2 Å². The van der Waals surface area contributed by atoms with Crippen LogP contribution in [0.25, 0.3) is 0 Å². The second kappa shape index (κ2) is 6.34. The predicted molar refractivity (Wildman–Crippen MR) is 86.4 cm³/mol. The fourth-order valence-electron chi connectivity index (χ4n) is 2.72. The minimum absolute atomic E-state index is 0.0105. The van der Waals surface area contributed by atoms with Crippen molar-refractivity contribution in [3.8, 4) is 0 Å². The zero-order chi connectivity index (χ0) is 15.6. The second-order valence-electron chi connectivity index (χ2n) is 5.29. The van der Waals surface area contributed by atoms with E-state index in [0.717, 1.165) is 42.6 Å². The fraction of sp³-hybridized carbons (Fsp3) is 0.571. The zero-order valence-corrected chi connectivity index (χ0v) is 13.5. The quantitative estimate of drug-likeness (QED) is 0.805.